The van der Waals surface area contributed by atoms with Gasteiger partial charge in [0, 0.05) is 11.6 Å². The molecule has 0 radical (unpaired) electrons. The Hall–Kier alpha value is -2.94. The number of hydrogen-bond acceptors (Lipinski definition) is 1. The van der Waals surface area contributed by atoms with Gasteiger partial charge in [-0.15, -0.1) is 0 Å². The number of hydrogen-bond donors (Lipinski definition) is 0. The van der Waals surface area contributed by atoms with Gasteiger partial charge in [-0.05, 0) is 67.8 Å². The Balaban J connectivity index is 2.26. The first kappa shape index (κ1) is 14.4. The number of pyridine rings is 2. The van der Waals surface area contributed by atoms with Gasteiger partial charge in [0.2, 0.25) is 0 Å². The van der Waals surface area contributed by atoms with Gasteiger partial charge >= 0.3 is 0 Å². The second-order valence-corrected chi connectivity index (χ2v) is 7.08. The lowest BCUT2D eigenvalue weighted by Gasteiger charge is -2.07. The molecule has 0 aliphatic carbocycles. The summed E-state index contributed by atoms with van der Waals surface area (Å²) in [5.74, 6) is 0. The maximum absolute atomic E-state index is 4.75. The highest BCUT2D eigenvalue weighted by atomic mass is 15.1. The summed E-state index contributed by atoms with van der Waals surface area (Å²) in [6.45, 7) is 6.48. The molecule has 25 heavy (non-hydrogen) atoms. The molecule has 5 aromatic rings. The Labute approximate surface area is 146 Å². The summed E-state index contributed by atoms with van der Waals surface area (Å²) in [4.78, 5) is 4.75. The lowest BCUT2D eigenvalue weighted by molar-refractivity contribution is -0.617. The zero-order valence-electron chi connectivity index (χ0n) is 15.0. The Morgan fingerprint density at radius 1 is 0.880 bits per heavy atom. The first-order valence-corrected chi connectivity index (χ1v) is 8.65. The van der Waals surface area contributed by atoms with E-state index < -0.39 is 0 Å². The van der Waals surface area contributed by atoms with E-state index in [9.17, 15) is 0 Å². The third kappa shape index (κ3) is 1.81. The van der Waals surface area contributed by atoms with Crippen LogP contribution in [-0.4, -0.2) is 9.38 Å². The highest BCUT2D eigenvalue weighted by Gasteiger charge is 2.24. The summed E-state index contributed by atoms with van der Waals surface area (Å²) in [6.07, 6.45) is 1.92. The van der Waals surface area contributed by atoms with Crippen LogP contribution in [0, 0.1) is 20.8 Å². The van der Waals surface area contributed by atoms with Gasteiger partial charge in [0.25, 0.3) is 5.65 Å². The molecule has 0 aliphatic rings. The first-order chi connectivity index (χ1) is 12.1. The van der Waals surface area contributed by atoms with Crippen LogP contribution in [0.1, 0.15) is 16.7 Å². The molecule has 0 aliphatic heterocycles. The van der Waals surface area contributed by atoms with Crippen molar-refractivity contribution in [2.45, 2.75) is 20.8 Å². The van der Waals surface area contributed by atoms with E-state index in [4.69, 9.17) is 4.98 Å². The summed E-state index contributed by atoms with van der Waals surface area (Å²) in [7, 11) is 2.15. The predicted molar refractivity (Wildman–Crippen MR) is 103 cm³/mol. The van der Waals surface area contributed by atoms with E-state index in [-0.39, 0.29) is 0 Å². The van der Waals surface area contributed by atoms with E-state index in [2.05, 4.69) is 79.3 Å². The van der Waals surface area contributed by atoms with Crippen molar-refractivity contribution in [3.8, 4) is 0 Å². The van der Waals surface area contributed by atoms with Crippen LogP contribution in [0.25, 0.3) is 38.5 Å². The first-order valence-electron chi connectivity index (χ1n) is 8.65. The average Bonchev–Trinajstić information content (AvgIpc) is 2.87. The molecule has 0 amide bonds. The van der Waals surface area contributed by atoms with Crippen LogP contribution in [-0.2, 0) is 7.05 Å². The molecule has 0 saturated heterocycles. The molecule has 0 bridgehead atoms. The number of fused-ring (bicyclic) bond motifs is 8. The van der Waals surface area contributed by atoms with Gasteiger partial charge in [-0.25, -0.2) is 4.57 Å². The van der Waals surface area contributed by atoms with E-state index in [1.165, 1.54) is 49.7 Å². The fourth-order valence-corrected chi connectivity index (χ4v) is 4.07. The molecule has 0 N–H and O–H groups in total. The number of aryl methyl sites for hydroxylation is 4. The molecule has 122 valence electrons. The Morgan fingerprint density at radius 2 is 1.60 bits per heavy atom. The number of imidazole rings is 1. The van der Waals surface area contributed by atoms with Gasteiger partial charge in [0.05, 0.1) is 18.0 Å². The van der Waals surface area contributed by atoms with Crippen LogP contribution in [0.5, 0.6) is 0 Å². The minimum absolute atomic E-state index is 1.08. The molecular formula is C22H20N3+. The normalized spacial score (nSPS) is 12.0. The van der Waals surface area contributed by atoms with Gasteiger partial charge in [-0.3, -0.25) is 4.98 Å². The molecule has 3 heteroatoms. The fraction of sp³-hybridized carbons (Fsp3) is 0.182. The summed E-state index contributed by atoms with van der Waals surface area (Å²) >= 11 is 0. The average molecular weight is 326 g/mol. The monoisotopic (exact) mass is 326 g/mol. The molecular weight excluding hydrogens is 306 g/mol. The van der Waals surface area contributed by atoms with Gasteiger partial charge in [0.15, 0.2) is 11.0 Å². The Bertz CT molecular complexity index is 1330. The predicted octanol–water partition coefficient (Wildman–Crippen LogP) is 4.54. The molecule has 3 aromatic heterocycles. The van der Waals surface area contributed by atoms with Crippen LogP contribution in [0.2, 0.25) is 0 Å². The summed E-state index contributed by atoms with van der Waals surface area (Å²) in [5, 5.41) is 2.44. The molecule has 3 heterocycles. The summed E-state index contributed by atoms with van der Waals surface area (Å²) in [6, 6.07) is 15.4. The standard InChI is InChI=1S/C22H20N3/c1-13-5-7-16-18(11-13)25-19-12-14(2)6-8-17(19)24(4)22(25)20-15(3)9-10-23-21(16)20/h5-12H,1-4H3/q+1. The van der Waals surface area contributed by atoms with Crippen LogP contribution >= 0.6 is 0 Å². The molecule has 0 spiro atoms. The lowest BCUT2D eigenvalue weighted by Crippen LogP contribution is -2.27. The highest BCUT2D eigenvalue weighted by molar-refractivity contribution is 6.11. The fourth-order valence-electron chi connectivity index (χ4n) is 4.07. The molecule has 3 nitrogen and oxygen atoms in total. The highest BCUT2D eigenvalue weighted by Crippen LogP contribution is 2.32. The number of aromatic nitrogens is 3. The molecule has 0 atom stereocenters. The van der Waals surface area contributed by atoms with Crippen LogP contribution in [0.15, 0.2) is 48.7 Å². The maximum atomic E-state index is 4.75. The van der Waals surface area contributed by atoms with Crippen molar-refractivity contribution in [3.63, 3.8) is 0 Å². The van der Waals surface area contributed by atoms with Crippen molar-refractivity contribution in [2.75, 3.05) is 0 Å². The molecule has 0 fully saturated rings. The Kier molecular flexibility index (Phi) is 2.76. The van der Waals surface area contributed by atoms with Gasteiger partial charge < -0.3 is 0 Å². The van der Waals surface area contributed by atoms with Gasteiger partial charge in [-0.2, -0.15) is 4.40 Å². The lowest BCUT2D eigenvalue weighted by atomic mass is 10.1. The second kappa shape index (κ2) is 4.79. The third-order valence-corrected chi connectivity index (χ3v) is 5.29. The summed E-state index contributed by atoms with van der Waals surface area (Å²) in [5.41, 5.74) is 9.79. The smallest absolute Gasteiger partial charge is 0.255 e. The SMILES string of the molecule is Cc1ccc2c3nccc(C)c3c3n(c2c1)c1cc(C)ccc1[n+]3C. The largest absolute Gasteiger partial charge is 0.297 e. The van der Waals surface area contributed by atoms with E-state index in [0.29, 0.717) is 0 Å². The minimum Gasteiger partial charge on any atom is -0.255 e. The van der Waals surface area contributed by atoms with Crippen molar-refractivity contribution in [2.24, 2.45) is 7.05 Å². The quantitative estimate of drug-likeness (QED) is 0.302. The topological polar surface area (TPSA) is 21.2 Å². The maximum Gasteiger partial charge on any atom is 0.297 e. The molecule has 2 aromatic carbocycles. The van der Waals surface area contributed by atoms with Crippen molar-refractivity contribution in [1.82, 2.24) is 9.38 Å². The molecule has 0 unspecified atom stereocenters. The third-order valence-electron chi connectivity index (χ3n) is 5.29. The van der Waals surface area contributed by atoms with Crippen LogP contribution in [0.4, 0.5) is 0 Å². The van der Waals surface area contributed by atoms with Crippen LogP contribution in [0.3, 0.4) is 0 Å². The van der Waals surface area contributed by atoms with E-state index in [0.717, 1.165) is 5.52 Å². The minimum atomic E-state index is 1.08. The molecule has 0 saturated carbocycles. The van der Waals surface area contributed by atoms with E-state index >= 15 is 0 Å². The van der Waals surface area contributed by atoms with E-state index in [1.54, 1.807) is 0 Å². The van der Waals surface area contributed by atoms with Gasteiger partial charge in [-0.1, -0.05) is 12.1 Å². The van der Waals surface area contributed by atoms with E-state index in [1.807, 2.05) is 6.20 Å². The Morgan fingerprint density at radius 3 is 2.40 bits per heavy atom. The summed E-state index contributed by atoms with van der Waals surface area (Å²) < 4.78 is 4.70. The number of rotatable bonds is 0. The number of nitrogens with zero attached hydrogens (tertiary/aromatic N) is 3. The zero-order valence-corrected chi connectivity index (χ0v) is 15.0. The molecule has 5 rings (SSSR count). The second-order valence-electron chi connectivity index (χ2n) is 7.08. The number of benzene rings is 2. The van der Waals surface area contributed by atoms with Gasteiger partial charge in [0.1, 0.15) is 5.52 Å². The van der Waals surface area contributed by atoms with Crippen LogP contribution < -0.4 is 4.57 Å². The van der Waals surface area contributed by atoms with Crippen molar-refractivity contribution >= 4 is 38.5 Å². The van der Waals surface area contributed by atoms with Crippen molar-refractivity contribution < 1.29 is 4.57 Å². The zero-order chi connectivity index (χ0) is 17.3. The van der Waals surface area contributed by atoms with Crippen molar-refractivity contribution in [1.29, 1.82) is 0 Å². The van der Waals surface area contributed by atoms with Crippen molar-refractivity contribution in [3.05, 3.63) is 65.4 Å².